The average molecular weight is 251 g/mol. The molecular formula is C13H21N3O2. The highest BCUT2D eigenvalue weighted by molar-refractivity contribution is 5.37. The first-order valence-electron chi connectivity index (χ1n) is 6.38. The number of rotatable bonds is 5. The van der Waals surface area contributed by atoms with E-state index in [2.05, 4.69) is 21.9 Å². The van der Waals surface area contributed by atoms with E-state index in [-0.39, 0.29) is 0 Å². The maximum absolute atomic E-state index is 5.50. The second-order valence-electron chi connectivity index (χ2n) is 4.76. The Hall–Kier alpha value is -1.20. The molecule has 2 rings (SSSR count). The zero-order chi connectivity index (χ0) is 12.8. The van der Waals surface area contributed by atoms with Crippen LogP contribution in [0.5, 0.6) is 0 Å². The van der Waals surface area contributed by atoms with Crippen LogP contribution < -0.4 is 4.90 Å². The number of methoxy groups -OCH3 is 1. The molecule has 0 N–H and O–H groups in total. The van der Waals surface area contributed by atoms with Crippen LogP contribution in [-0.2, 0) is 16.1 Å². The molecule has 0 spiro atoms. The maximum Gasteiger partial charge on any atom is 0.132 e. The Morgan fingerprint density at radius 1 is 1.50 bits per heavy atom. The second-order valence-corrected chi connectivity index (χ2v) is 4.76. The van der Waals surface area contributed by atoms with Crippen LogP contribution in [-0.4, -0.2) is 43.9 Å². The Morgan fingerprint density at radius 2 is 2.39 bits per heavy atom. The molecule has 1 aromatic rings. The number of nitrogens with zero attached hydrogens (tertiary/aromatic N) is 3. The zero-order valence-electron chi connectivity index (χ0n) is 11.1. The summed E-state index contributed by atoms with van der Waals surface area (Å²) in [5.41, 5.74) is 0.911. The number of hydrogen-bond donors (Lipinski definition) is 0. The SMILES string of the molecule is COCc1cc(N(C)CC2CCCOC2)ncn1. The smallest absolute Gasteiger partial charge is 0.132 e. The van der Waals surface area contributed by atoms with E-state index in [4.69, 9.17) is 9.47 Å². The monoisotopic (exact) mass is 251 g/mol. The van der Waals surface area contributed by atoms with Gasteiger partial charge in [-0.05, 0) is 18.8 Å². The minimum absolute atomic E-state index is 0.524. The van der Waals surface area contributed by atoms with Gasteiger partial charge in [0.05, 0.1) is 18.9 Å². The average Bonchev–Trinajstić information content (AvgIpc) is 2.40. The predicted octanol–water partition coefficient (Wildman–Crippen LogP) is 1.49. The minimum atomic E-state index is 0.524. The highest BCUT2D eigenvalue weighted by atomic mass is 16.5. The summed E-state index contributed by atoms with van der Waals surface area (Å²) in [6.45, 7) is 3.27. The van der Waals surface area contributed by atoms with Crippen molar-refractivity contribution in [1.29, 1.82) is 0 Å². The van der Waals surface area contributed by atoms with Gasteiger partial charge < -0.3 is 14.4 Å². The molecule has 0 aliphatic carbocycles. The van der Waals surface area contributed by atoms with Crippen molar-refractivity contribution in [2.45, 2.75) is 19.4 Å². The van der Waals surface area contributed by atoms with Gasteiger partial charge in [0.25, 0.3) is 0 Å². The van der Waals surface area contributed by atoms with E-state index < -0.39 is 0 Å². The molecule has 1 unspecified atom stereocenters. The van der Waals surface area contributed by atoms with Gasteiger partial charge in [-0.25, -0.2) is 9.97 Å². The Balaban J connectivity index is 1.94. The molecule has 2 heterocycles. The van der Waals surface area contributed by atoms with E-state index in [0.29, 0.717) is 12.5 Å². The predicted molar refractivity (Wildman–Crippen MR) is 69.6 cm³/mol. The first-order valence-corrected chi connectivity index (χ1v) is 6.38. The Kier molecular flexibility index (Phi) is 4.90. The molecule has 18 heavy (non-hydrogen) atoms. The summed E-state index contributed by atoms with van der Waals surface area (Å²) in [7, 11) is 3.73. The number of ether oxygens (including phenoxy) is 2. The van der Waals surface area contributed by atoms with Gasteiger partial charge in [0.15, 0.2) is 0 Å². The molecule has 1 aliphatic rings. The van der Waals surface area contributed by atoms with Crippen LogP contribution in [0.1, 0.15) is 18.5 Å². The molecule has 1 saturated heterocycles. The Morgan fingerprint density at radius 3 is 3.11 bits per heavy atom. The third-order valence-corrected chi connectivity index (χ3v) is 3.18. The zero-order valence-corrected chi connectivity index (χ0v) is 11.1. The molecule has 0 amide bonds. The maximum atomic E-state index is 5.50. The van der Waals surface area contributed by atoms with Gasteiger partial charge in [-0.15, -0.1) is 0 Å². The molecule has 0 bridgehead atoms. The topological polar surface area (TPSA) is 47.5 Å². The molecule has 1 aromatic heterocycles. The van der Waals surface area contributed by atoms with E-state index in [0.717, 1.165) is 37.7 Å². The van der Waals surface area contributed by atoms with Crippen LogP contribution in [0.4, 0.5) is 5.82 Å². The summed E-state index contributed by atoms with van der Waals surface area (Å²) in [5, 5.41) is 0. The van der Waals surface area contributed by atoms with Crippen LogP contribution in [0.25, 0.3) is 0 Å². The fourth-order valence-electron chi connectivity index (χ4n) is 2.25. The summed E-state index contributed by atoms with van der Waals surface area (Å²) in [4.78, 5) is 10.6. The lowest BCUT2D eigenvalue weighted by molar-refractivity contribution is 0.0576. The van der Waals surface area contributed by atoms with Gasteiger partial charge in [0.1, 0.15) is 12.1 Å². The van der Waals surface area contributed by atoms with Crippen molar-refractivity contribution >= 4 is 5.82 Å². The highest BCUT2D eigenvalue weighted by Gasteiger charge is 2.16. The van der Waals surface area contributed by atoms with E-state index in [1.165, 1.54) is 6.42 Å². The largest absolute Gasteiger partial charge is 0.381 e. The van der Waals surface area contributed by atoms with Crippen molar-refractivity contribution < 1.29 is 9.47 Å². The van der Waals surface area contributed by atoms with E-state index in [1.54, 1.807) is 13.4 Å². The number of aromatic nitrogens is 2. The summed E-state index contributed by atoms with van der Waals surface area (Å²) >= 11 is 0. The molecular weight excluding hydrogens is 230 g/mol. The van der Waals surface area contributed by atoms with Crippen molar-refractivity contribution in [2.75, 3.05) is 38.8 Å². The molecule has 0 aromatic carbocycles. The van der Waals surface area contributed by atoms with Crippen LogP contribution in [0.3, 0.4) is 0 Å². The lowest BCUT2D eigenvalue weighted by Gasteiger charge is -2.27. The molecule has 1 fully saturated rings. The van der Waals surface area contributed by atoms with E-state index >= 15 is 0 Å². The van der Waals surface area contributed by atoms with Crippen molar-refractivity contribution in [1.82, 2.24) is 9.97 Å². The third-order valence-electron chi connectivity index (χ3n) is 3.18. The first-order chi connectivity index (χ1) is 8.79. The molecule has 0 radical (unpaired) electrons. The normalized spacial score (nSPS) is 19.8. The van der Waals surface area contributed by atoms with Crippen LogP contribution in [0.15, 0.2) is 12.4 Å². The van der Waals surface area contributed by atoms with E-state index in [9.17, 15) is 0 Å². The van der Waals surface area contributed by atoms with Crippen LogP contribution in [0.2, 0.25) is 0 Å². The van der Waals surface area contributed by atoms with Crippen LogP contribution in [0, 0.1) is 5.92 Å². The molecule has 1 atom stereocenters. The lowest BCUT2D eigenvalue weighted by atomic mass is 10.0. The quantitative estimate of drug-likeness (QED) is 0.793. The Bertz CT molecular complexity index is 367. The van der Waals surface area contributed by atoms with Crippen LogP contribution >= 0.6 is 0 Å². The van der Waals surface area contributed by atoms with E-state index in [1.807, 2.05) is 6.07 Å². The number of anilines is 1. The van der Waals surface area contributed by atoms with Crippen molar-refractivity contribution in [3.05, 3.63) is 18.1 Å². The molecule has 1 aliphatic heterocycles. The third kappa shape index (κ3) is 3.65. The van der Waals surface area contributed by atoms with Crippen molar-refractivity contribution in [2.24, 2.45) is 5.92 Å². The number of hydrogen-bond acceptors (Lipinski definition) is 5. The van der Waals surface area contributed by atoms with Gasteiger partial charge in [0.2, 0.25) is 0 Å². The molecule has 0 saturated carbocycles. The highest BCUT2D eigenvalue weighted by Crippen LogP contribution is 2.17. The summed E-state index contributed by atoms with van der Waals surface area (Å²) in [6, 6.07) is 1.98. The Labute approximate surface area is 108 Å². The molecule has 100 valence electrons. The fraction of sp³-hybridized carbons (Fsp3) is 0.692. The van der Waals surface area contributed by atoms with Gasteiger partial charge in [-0.3, -0.25) is 0 Å². The first kappa shape index (κ1) is 13.2. The van der Waals surface area contributed by atoms with Gasteiger partial charge in [-0.1, -0.05) is 0 Å². The second kappa shape index (κ2) is 6.66. The summed E-state index contributed by atoms with van der Waals surface area (Å²) in [6.07, 6.45) is 4.00. The fourth-order valence-corrected chi connectivity index (χ4v) is 2.25. The van der Waals surface area contributed by atoms with Crippen molar-refractivity contribution in [3.63, 3.8) is 0 Å². The van der Waals surface area contributed by atoms with Crippen molar-refractivity contribution in [3.8, 4) is 0 Å². The van der Waals surface area contributed by atoms with Gasteiger partial charge in [-0.2, -0.15) is 0 Å². The van der Waals surface area contributed by atoms with Gasteiger partial charge >= 0.3 is 0 Å². The summed E-state index contributed by atoms with van der Waals surface area (Å²) < 4.78 is 10.6. The lowest BCUT2D eigenvalue weighted by Crippen LogP contribution is -2.31. The van der Waals surface area contributed by atoms with Gasteiger partial charge in [0, 0.05) is 33.4 Å². The molecule has 5 heteroatoms. The molecule has 5 nitrogen and oxygen atoms in total. The minimum Gasteiger partial charge on any atom is -0.381 e. The summed E-state index contributed by atoms with van der Waals surface area (Å²) in [5.74, 6) is 1.55. The standard InChI is InChI=1S/C13H21N3O2/c1-16(7-11-4-3-5-18-8-11)13-6-12(9-17-2)14-10-15-13/h6,10-11H,3-5,7-9H2,1-2H3.